The fourth-order valence-electron chi connectivity index (χ4n) is 2.95. The molecule has 0 aromatic heterocycles. The molecule has 0 aromatic carbocycles. The number of carbonyl (C=O) groups excluding carboxylic acids is 3. The quantitative estimate of drug-likeness (QED) is 0.694. The van der Waals surface area contributed by atoms with E-state index in [1.165, 1.54) is 0 Å². The van der Waals surface area contributed by atoms with Gasteiger partial charge in [-0.15, -0.1) is 0 Å². The molecule has 2 aliphatic rings. The van der Waals surface area contributed by atoms with E-state index in [1.807, 2.05) is 20.8 Å². The molecular formula is C15H25N2O5+. The van der Waals surface area contributed by atoms with E-state index in [2.05, 4.69) is 0 Å². The van der Waals surface area contributed by atoms with Crippen LogP contribution in [0.5, 0.6) is 0 Å². The number of rotatable bonds is 2. The summed E-state index contributed by atoms with van der Waals surface area (Å²) >= 11 is 0. The molecule has 22 heavy (non-hydrogen) atoms. The number of hydrogen-bond donors (Lipinski definition) is 0. The summed E-state index contributed by atoms with van der Waals surface area (Å²) in [5.41, 5.74) is -0.513. The van der Waals surface area contributed by atoms with E-state index in [9.17, 15) is 14.4 Å². The summed E-state index contributed by atoms with van der Waals surface area (Å²) < 4.78 is 5.34. The van der Waals surface area contributed by atoms with Crippen molar-refractivity contribution in [2.75, 3.05) is 19.6 Å². The van der Waals surface area contributed by atoms with E-state index in [0.29, 0.717) is 32.5 Å². The van der Waals surface area contributed by atoms with Gasteiger partial charge in [-0.3, -0.25) is 4.79 Å². The summed E-state index contributed by atoms with van der Waals surface area (Å²) in [6.45, 7) is 6.93. The van der Waals surface area contributed by atoms with Crippen LogP contribution >= 0.6 is 0 Å². The normalized spacial score (nSPS) is 23.8. The summed E-state index contributed by atoms with van der Waals surface area (Å²) in [7, 11) is 0. The number of piperidine rings is 1. The van der Waals surface area contributed by atoms with Crippen LogP contribution in [-0.4, -0.2) is 64.2 Å². The van der Waals surface area contributed by atoms with Crippen LogP contribution in [0.2, 0.25) is 0 Å². The summed E-state index contributed by atoms with van der Waals surface area (Å²) in [6, 6.07) is 0.0514. The second-order valence-electron chi connectivity index (χ2n) is 7.01. The minimum absolute atomic E-state index is 0.0514. The zero-order valence-electron chi connectivity index (χ0n) is 13.4. The van der Waals surface area contributed by atoms with Crippen LogP contribution in [0, 0.1) is 5.92 Å². The van der Waals surface area contributed by atoms with Crippen LogP contribution in [0.3, 0.4) is 0 Å². The van der Waals surface area contributed by atoms with Gasteiger partial charge >= 0.3 is 12.1 Å². The lowest BCUT2D eigenvalue weighted by Crippen LogP contribution is -2.48. The van der Waals surface area contributed by atoms with Gasteiger partial charge in [0.15, 0.2) is 0 Å². The van der Waals surface area contributed by atoms with Gasteiger partial charge in [-0.25, -0.2) is 4.79 Å². The van der Waals surface area contributed by atoms with Crippen molar-refractivity contribution in [3.8, 4) is 0 Å². The number of carbonyl (C=O) groups is 3. The molecule has 2 amide bonds. The zero-order valence-corrected chi connectivity index (χ0v) is 13.4. The van der Waals surface area contributed by atoms with Crippen LogP contribution in [0.25, 0.3) is 0 Å². The SMILES string of the molecule is CC(C)(C)OC(=O)N1CCC(N2CC(C(=O)[OH2+])CC2=O)CC1. The molecule has 1 unspecified atom stereocenters. The maximum atomic E-state index is 12.0. The predicted octanol–water partition coefficient (Wildman–Crippen LogP) is 0.486. The molecular weight excluding hydrogens is 288 g/mol. The van der Waals surface area contributed by atoms with E-state index < -0.39 is 17.5 Å². The molecule has 7 heteroatoms. The van der Waals surface area contributed by atoms with Gasteiger partial charge < -0.3 is 19.6 Å². The van der Waals surface area contributed by atoms with Gasteiger partial charge in [0.05, 0.1) is 0 Å². The molecule has 1 atom stereocenters. The molecule has 2 saturated heterocycles. The molecule has 7 nitrogen and oxygen atoms in total. The third kappa shape index (κ3) is 3.90. The Morgan fingerprint density at radius 1 is 1.23 bits per heavy atom. The smallest absolute Gasteiger partial charge is 0.521 e. The molecule has 0 saturated carbocycles. The van der Waals surface area contributed by atoms with Gasteiger partial charge in [-0.1, -0.05) is 0 Å². The third-order valence-corrected chi connectivity index (χ3v) is 4.09. The lowest BCUT2D eigenvalue weighted by molar-refractivity contribution is -0.141. The second-order valence-corrected chi connectivity index (χ2v) is 7.01. The monoisotopic (exact) mass is 313 g/mol. The van der Waals surface area contributed by atoms with E-state index in [-0.39, 0.29) is 24.5 Å². The van der Waals surface area contributed by atoms with Gasteiger partial charge in [0.1, 0.15) is 11.5 Å². The summed E-state index contributed by atoms with van der Waals surface area (Å²) in [4.78, 5) is 38.5. The van der Waals surface area contributed by atoms with E-state index in [0.717, 1.165) is 0 Å². The van der Waals surface area contributed by atoms with E-state index >= 15 is 0 Å². The average Bonchev–Trinajstić information content (AvgIpc) is 2.79. The Labute approximate surface area is 130 Å². The first-order valence-electron chi connectivity index (χ1n) is 7.70. The number of likely N-dealkylation sites (tertiary alicyclic amines) is 2. The van der Waals surface area contributed by atoms with Crippen LogP contribution in [0.15, 0.2) is 0 Å². The fourth-order valence-corrected chi connectivity index (χ4v) is 2.95. The first kappa shape index (κ1) is 16.6. The van der Waals surface area contributed by atoms with Crippen molar-refractivity contribution in [2.45, 2.75) is 51.7 Å². The van der Waals surface area contributed by atoms with Crippen molar-refractivity contribution < 1.29 is 24.2 Å². The lowest BCUT2D eigenvalue weighted by Gasteiger charge is -2.37. The minimum atomic E-state index is -0.665. The summed E-state index contributed by atoms with van der Waals surface area (Å²) in [5.74, 6) is -1.21. The van der Waals surface area contributed by atoms with Gasteiger partial charge in [0.2, 0.25) is 5.91 Å². The molecule has 0 spiro atoms. The van der Waals surface area contributed by atoms with Crippen molar-refractivity contribution in [3.05, 3.63) is 0 Å². The molecule has 0 aromatic rings. The topological polar surface area (TPSA) is 89.8 Å². The van der Waals surface area contributed by atoms with Crippen LogP contribution < -0.4 is 0 Å². The fraction of sp³-hybridized carbons (Fsp3) is 0.800. The van der Waals surface area contributed by atoms with Gasteiger partial charge in [0, 0.05) is 36.9 Å². The highest BCUT2D eigenvalue weighted by molar-refractivity contribution is 5.86. The van der Waals surface area contributed by atoms with Crippen molar-refractivity contribution in [1.82, 2.24) is 9.80 Å². The number of hydrogen-bond acceptors (Lipinski definition) is 4. The second kappa shape index (κ2) is 6.14. The number of ether oxygens (including phenoxy) is 1. The maximum Gasteiger partial charge on any atom is 0.521 e. The maximum absolute atomic E-state index is 12.0. The van der Waals surface area contributed by atoms with Crippen molar-refractivity contribution >= 4 is 18.0 Å². The van der Waals surface area contributed by atoms with Crippen molar-refractivity contribution in [3.63, 3.8) is 0 Å². The Morgan fingerprint density at radius 3 is 2.27 bits per heavy atom. The van der Waals surface area contributed by atoms with Crippen LogP contribution in [-0.2, 0) is 14.3 Å². The molecule has 124 valence electrons. The lowest BCUT2D eigenvalue weighted by atomic mass is 10.0. The Hall–Kier alpha value is -1.79. The number of amides is 2. The van der Waals surface area contributed by atoms with Crippen molar-refractivity contribution in [1.29, 1.82) is 0 Å². The molecule has 2 N–H and O–H groups in total. The minimum Gasteiger partial charge on any atom is -0.564 e. The Kier molecular flexibility index (Phi) is 4.63. The molecule has 2 aliphatic heterocycles. The summed E-state index contributed by atoms with van der Waals surface area (Å²) in [6.07, 6.45) is 1.19. The van der Waals surface area contributed by atoms with Crippen molar-refractivity contribution in [2.24, 2.45) is 5.92 Å². The van der Waals surface area contributed by atoms with E-state index in [4.69, 9.17) is 9.84 Å². The molecule has 0 bridgehead atoms. The van der Waals surface area contributed by atoms with E-state index in [1.54, 1.807) is 9.80 Å². The third-order valence-electron chi connectivity index (χ3n) is 4.09. The van der Waals surface area contributed by atoms with Gasteiger partial charge in [0.25, 0.3) is 0 Å². The Balaban J connectivity index is 1.86. The Bertz CT molecular complexity index is 463. The average molecular weight is 313 g/mol. The number of nitrogens with zero attached hydrogens (tertiary/aromatic N) is 2. The largest absolute Gasteiger partial charge is 0.564 e. The van der Waals surface area contributed by atoms with Gasteiger partial charge in [-0.05, 0) is 33.6 Å². The zero-order chi connectivity index (χ0) is 16.5. The van der Waals surface area contributed by atoms with Gasteiger partial charge in [-0.2, -0.15) is 0 Å². The highest BCUT2D eigenvalue weighted by Gasteiger charge is 2.42. The highest BCUT2D eigenvalue weighted by Crippen LogP contribution is 2.26. The highest BCUT2D eigenvalue weighted by atomic mass is 16.6. The first-order chi connectivity index (χ1) is 10.2. The van der Waals surface area contributed by atoms with Crippen LogP contribution in [0.1, 0.15) is 40.0 Å². The molecule has 2 heterocycles. The first-order valence-corrected chi connectivity index (χ1v) is 7.70. The van der Waals surface area contributed by atoms with Crippen LogP contribution in [0.4, 0.5) is 4.79 Å². The molecule has 2 fully saturated rings. The molecule has 0 radical (unpaired) electrons. The Morgan fingerprint density at radius 2 is 1.82 bits per heavy atom. The standard InChI is InChI=1S/C15H24N2O5/c1-15(2,3)22-14(21)16-6-4-11(5-7-16)17-9-10(13(19)20)8-12(17)18/h10-11H,4-9H2,1-3H3,(H,19,20)/p+1. The predicted molar refractivity (Wildman–Crippen MR) is 79.3 cm³/mol. The molecule has 0 aliphatic carbocycles. The summed E-state index contributed by atoms with van der Waals surface area (Å²) in [5, 5.41) is 7.15. The molecule has 2 rings (SSSR count).